The van der Waals surface area contributed by atoms with Crippen LogP contribution in [0.15, 0.2) is 54.7 Å². The highest BCUT2D eigenvalue weighted by molar-refractivity contribution is 6.35. The molecule has 136 valence electrons. The summed E-state index contributed by atoms with van der Waals surface area (Å²) in [5, 5.41) is 3.47. The van der Waals surface area contributed by atoms with Gasteiger partial charge in [-0.1, -0.05) is 41.4 Å². The highest BCUT2D eigenvalue weighted by Gasteiger charge is 2.22. The summed E-state index contributed by atoms with van der Waals surface area (Å²) in [7, 11) is 0. The van der Waals surface area contributed by atoms with Crippen molar-refractivity contribution in [2.24, 2.45) is 0 Å². The van der Waals surface area contributed by atoms with E-state index < -0.39 is 0 Å². The van der Waals surface area contributed by atoms with E-state index in [1.165, 1.54) is 12.3 Å². The van der Waals surface area contributed by atoms with Crippen molar-refractivity contribution in [3.8, 4) is 23.1 Å². The summed E-state index contributed by atoms with van der Waals surface area (Å²) in [6, 6.07) is 13.6. The van der Waals surface area contributed by atoms with Crippen LogP contribution in [0, 0.1) is 0 Å². The molecule has 0 atom stereocenters. The van der Waals surface area contributed by atoms with Gasteiger partial charge in [0, 0.05) is 6.20 Å². The molecule has 0 radical (unpaired) electrons. The van der Waals surface area contributed by atoms with E-state index in [1.54, 1.807) is 42.5 Å². The predicted octanol–water partition coefficient (Wildman–Crippen LogP) is 5.16. The fraction of sp³-hybridized carbons (Fsp3) is 0.0526. The number of aromatic nitrogens is 1. The van der Waals surface area contributed by atoms with Gasteiger partial charge in [-0.3, -0.25) is 4.79 Å². The van der Waals surface area contributed by atoms with Gasteiger partial charge in [0.25, 0.3) is 5.91 Å². The van der Waals surface area contributed by atoms with Gasteiger partial charge in [0.15, 0.2) is 17.2 Å². The lowest BCUT2D eigenvalue weighted by atomic mass is 10.1. The number of rotatable bonds is 4. The Kier molecular flexibility index (Phi) is 4.75. The van der Waals surface area contributed by atoms with E-state index in [-0.39, 0.29) is 23.6 Å². The molecule has 0 unspecified atom stereocenters. The third-order valence-electron chi connectivity index (χ3n) is 3.76. The highest BCUT2D eigenvalue weighted by Crippen LogP contribution is 2.37. The summed E-state index contributed by atoms with van der Waals surface area (Å²) >= 11 is 12.0. The second kappa shape index (κ2) is 7.34. The summed E-state index contributed by atoms with van der Waals surface area (Å²) in [6.07, 6.45) is 1.43. The zero-order chi connectivity index (χ0) is 18.8. The third kappa shape index (κ3) is 3.63. The second-order valence-electron chi connectivity index (χ2n) is 5.53. The summed E-state index contributed by atoms with van der Waals surface area (Å²) in [6.45, 7) is 0.0834. The molecule has 4 rings (SSSR count). The number of amides is 1. The van der Waals surface area contributed by atoms with Gasteiger partial charge in [-0.15, -0.1) is 0 Å². The third-order valence-corrected chi connectivity index (χ3v) is 4.23. The smallest absolute Gasteiger partial charge is 0.259 e. The maximum atomic E-state index is 12.7. The Morgan fingerprint density at radius 2 is 1.96 bits per heavy atom. The van der Waals surface area contributed by atoms with Gasteiger partial charge in [-0.05, 0) is 30.3 Å². The number of benzene rings is 2. The van der Waals surface area contributed by atoms with E-state index in [0.29, 0.717) is 33.5 Å². The lowest BCUT2D eigenvalue weighted by Gasteiger charge is -2.13. The average Bonchev–Trinajstić information content (AvgIpc) is 3.14. The summed E-state index contributed by atoms with van der Waals surface area (Å²) in [5.41, 5.74) is 0.814. The van der Waals surface area contributed by atoms with Crippen LogP contribution in [0.25, 0.3) is 0 Å². The molecule has 2 heterocycles. The molecule has 8 heteroatoms. The molecule has 1 amide bonds. The van der Waals surface area contributed by atoms with Crippen LogP contribution >= 0.6 is 23.2 Å². The number of hydrogen-bond acceptors (Lipinski definition) is 5. The Morgan fingerprint density at radius 1 is 1.11 bits per heavy atom. The van der Waals surface area contributed by atoms with Crippen molar-refractivity contribution in [3.05, 3.63) is 70.3 Å². The molecule has 27 heavy (non-hydrogen) atoms. The number of hydrogen-bond donors (Lipinski definition) is 1. The highest BCUT2D eigenvalue weighted by atomic mass is 35.5. The van der Waals surface area contributed by atoms with Crippen molar-refractivity contribution in [1.82, 2.24) is 4.98 Å². The standard InChI is InChI=1S/C19H12Cl2N2O4/c20-11-8-13(21)19(22-9-11)27-15-6-2-1-5-14(15)23-18(24)12-4-3-7-16-17(12)26-10-25-16/h1-9H,10H2,(H,23,24). The van der Waals surface area contributed by atoms with Gasteiger partial charge >= 0.3 is 0 Å². The molecule has 3 aromatic rings. The van der Waals surface area contributed by atoms with Gasteiger partial charge in [0.05, 0.1) is 16.3 Å². The number of halogens is 2. The number of fused-ring (bicyclic) bond motifs is 1. The van der Waals surface area contributed by atoms with Gasteiger partial charge in [-0.25, -0.2) is 4.98 Å². The summed E-state index contributed by atoms with van der Waals surface area (Å²) in [4.78, 5) is 16.8. The molecule has 0 fully saturated rings. The second-order valence-corrected chi connectivity index (χ2v) is 6.38. The number of para-hydroxylation sites is 3. The van der Waals surface area contributed by atoms with Crippen molar-refractivity contribution in [2.45, 2.75) is 0 Å². The topological polar surface area (TPSA) is 69.7 Å². The fourth-order valence-corrected chi connectivity index (χ4v) is 2.96. The van der Waals surface area contributed by atoms with Crippen molar-refractivity contribution in [2.75, 3.05) is 12.1 Å². The number of nitrogens with zero attached hydrogens (tertiary/aromatic N) is 1. The SMILES string of the molecule is O=C(Nc1ccccc1Oc1ncc(Cl)cc1Cl)c1cccc2c1OCO2. The van der Waals surface area contributed by atoms with Gasteiger partial charge in [0.1, 0.15) is 5.02 Å². The zero-order valence-corrected chi connectivity index (χ0v) is 15.3. The molecule has 1 aliphatic heterocycles. The van der Waals surface area contributed by atoms with Crippen molar-refractivity contribution >= 4 is 34.8 Å². The van der Waals surface area contributed by atoms with E-state index >= 15 is 0 Å². The molecular formula is C19H12Cl2N2O4. The molecule has 6 nitrogen and oxygen atoms in total. The van der Waals surface area contributed by atoms with E-state index in [4.69, 9.17) is 37.4 Å². The molecule has 0 bridgehead atoms. The molecule has 0 saturated carbocycles. The molecular weight excluding hydrogens is 391 g/mol. The average molecular weight is 403 g/mol. The Labute approximate surface area is 164 Å². The molecule has 1 N–H and O–H groups in total. The Balaban J connectivity index is 1.60. The Morgan fingerprint density at radius 3 is 2.81 bits per heavy atom. The van der Waals surface area contributed by atoms with E-state index in [2.05, 4.69) is 10.3 Å². The molecule has 0 saturated heterocycles. The first-order valence-electron chi connectivity index (χ1n) is 7.90. The van der Waals surface area contributed by atoms with E-state index in [9.17, 15) is 4.79 Å². The lowest BCUT2D eigenvalue weighted by molar-refractivity contribution is 0.102. The van der Waals surface area contributed by atoms with Crippen LogP contribution in [-0.4, -0.2) is 17.7 Å². The minimum absolute atomic E-state index is 0.0834. The number of nitrogens with one attached hydrogen (secondary N) is 1. The number of carbonyl (C=O) groups excluding carboxylic acids is 1. The lowest BCUT2D eigenvalue weighted by Crippen LogP contribution is -2.13. The van der Waals surface area contributed by atoms with E-state index in [1.807, 2.05) is 0 Å². The Bertz CT molecular complexity index is 1030. The van der Waals surface area contributed by atoms with Crippen LogP contribution < -0.4 is 19.5 Å². The molecule has 0 aliphatic carbocycles. The first-order valence-corrected chi connectivity index (χ1v) is 8.65. The largest absolute Gasteiger partial charge is 0.454 e. The quantitative estimate of drug-likeness (QED) is 0.652. The predicted molar refractivity (Wildman–Crippen MR) is 101 cm³/mol. The van der Waals surface area contributed by atoms with Crippen LogP contribution in [0.3, 0.4) is 0 Å². The number of carbonyl (C=O) groups is 1. The van der Waals surface area contributed by atoms with Crippen LogP contribution in [0.4, 0.5) is 5.69 Å². The van der Waals surface area contributed by atoms with Crippen molar-refractivity contribution in [1.29, 1.82) is 0 Å². The monoisotopic (exact) mass is 402 g/mol. The molecule has 0 spiro atoms. The fourth-order valence-electron chi connectivity index (χ4n) is 2.54. The van der Waals surface area contributed by atoms with Crippen molar-refractivity contribution in [3.63, 3.8) is 0 Å². The van der Waals surface area contributed by atoms with Crippen LogP contribution in [0.5, 0.6) is 23.1 Å². The van der Waals surface area contributed by atoms with Gasteiger partial charge in [0.2, 0.25) is 12.7 Å². The summed E-state index contributed by atoms with van der Waals surface area (Å²) < 4.78 is 16.4. The Hall–Kier alpha value is -2.96. The van der Waals surface area contributed by atoms with Crippen LogP contribution in [0.1, 0.15) is 10.4 Å². The van der Waals surface area contributed by atoms with Gasteiger partial charge < -0.3 is 19.5 Å². The molecule has 1 aliphatic rings. The zero-order valence-electron chi connectivity index (χ0n) is 13.7. The maximum Gasteiger partial charge on any atom is 0.259 e. The first-order chi connectivity index (χ1) is 13.1. The molecule has 2 aromatic carbocycles. The summed E-state index contributed by atoms with van der Waals surface area (Å²) in [5.74, 6) is 1.15. The number of pyridine rings is 1. The maximum absolute atomic E-state index is 12.7. The van der Waals surface area contributed by atoms with Gasteiger partial charge in [-0.2, -0.15) is 0 Å². The minimum atomic E-state index is -0.358. The minimum Gasteiger partial charge on any atom is -0.454 e. The number of ether oxygens (including phenoxy) is 3. The van der Waals surface area contributed by atoms with E-state index in [0.717, 1.165) is 0 Å². The van der Waals surface area contributed by atoms with Crippen LogP contribution in [0.2, 0.25) is 10.0 Å². The first kappa shape index (κ1) is 17.5. The van der Waals surface area contributed by atoms with Crippen LogP contribution in [-0.2, 0) is 0 Å². The molecule has 1 aromatic heterocycles. The number of anilines is 1. The van der Waals surface area contributed by atoms with Crippen molar-refractivity contribution < 1.29 is 19.0 Å². The normalized spacial score (nSPS) is 11.9.